The first-order valence-corrected chi connectivity index (χ1v) is 8.63. The van der Waals surface area contributed by atoms with Gasteiger partial charge in [-0.05, 0) is 19.9 Å². The summed E-state index contributed by atoms with van der Waals surface area (Å²) in [6, 6.07) is 3.52. The molecule has 0 spiro atoms. The molecule has 0 aromatic carbocycles. The van der Waals surface area contributed by atoms with E-state index in [0.29, 0.717) is 22.2 Å². The molecule has 3 aromatic heterocycles. The second kappa shape index (κ2) is 9.54. The summed E-state index contributed by atoms with van der Waals surface area (Å²) in [5, 5.41) is 0.367. The Bertz CT molecular complexity index is 890. The summed E-state index contributed by atoms with van der Waals surface area (Å²) in [5.74, 6) is 1.49. The maximum absolute atomic E-state index is 12.7. The van der Waals surface area contributed by atoms with Crippen LogP contribution in [0.2, 0.25) is 0 Å². The number of aromatic amines is 1. The molecule has 0 amide bonds. The van der Waals surface area contributed by atoms with Crippen molar-refractivity contribution >= 4 is 51.9 Å². The normalized spacial score (nSPS) is 11.4. The first-order chi connectivity index (χ1) is 11.5. The molecule has 0 radical (unpaired) electrons. The number of nitrogens with zero attached hydrogens (tertiary/aromatic N) is 3. The topological polar surface area (TPSA) is 127 Å². The SMILES string of the molecule is COc1ccc2[nH]c([S+]([O-])Cc3ncc(C)c(OC)c3C)nc2n1.O.[NaH]. The molecule has 3 N–H and O–H groups in total. The third kappa shape index (κ3) is 4.48. The second-order valence-corrected chi connectivity index (χ2v) is 6.67. The van der Waals surface area contributed by atoms with Crippen molar-refractivity contribution in [2.45, 2.75) is 24.8 Å². The average molecular weight is 388 g/mol. The van der Waals surface area contributed by atoms with Crippen LogP contribution in [0.1, 0.15) is 16.8 Å². The molecule has 26 heavy (non-hydrogen) atoms. The molecule has 0 aliphatic rings. The summed E-state index contributed by atoms with van der Waals surface area (Å²) in [6.07, 6.45) is 1.73. The Morgan fingerprint density at radius 2 is 1.88 bits per heavy atom. The van der Waals surface area contributed by atoms with Gasteiger partial charge in [-0.25, -0.2) is 0 Å². The molecule has 1 unspecified atom stereocenters. The van der Waals surface area contributed by atoms with Gasteiger partial charge >= 0.3 is 34.7 Å². The molecule has 136 valence electrons. The number of hydrogen-bond donors (Lipinski definition) is 1. The fraction of sp³-hybridized carbons (Fsp3) is 0.312. The first-order valence-electron chi connectivity index (χ1n) is 7.31. The van der Waals surface area contributed by atoms with Crippen LogP contribution < -0.4 is 9.47 Å². The fourth-order valence-corrected chi connectivity index (χ4v) is 3.57. The van der Waals surface area contributed by atoms with Gasteiger partial charge in [0.2, 0.25) is 5.88 Å². The van der Waals surface area contributed by atoms with Crippen molar-refractivity contribution < 1.29 is 19.5 Å². The standard InChI is InChI=1S/C16H18N4O3S.Na.H2O.H/c1-9-7-17-12(10(2)14(9)23-4)8-24(21)16-18-11-5-6-13(22-3)19-15(11)20-16;;;/h5-7H,8H2,1-4H3,(H,18,19,20);;1H2;. The molecule has 0 saturated carbocycles. The van der Waals surface area contributed by atoms with Gasteiger partial charge in [-0.2, -0.15) is 9.97 Å². The molecule has 0 aliphatic carbocycles. The monoisotopic (exact) mass is 388 g/mol. The van der Waals surface area contributed by atoms with Crippen molar-refractivity contribution in [2.75, 3.05) is 14.2 Å². The average Bonchev–Trinajstić information content (AvgIpc) is 3.01. The van der Waals surface area contributed by atoms with Crippen molar-refractivity contribution in [2.24, 2.45) is 0 Å². The van der Waals surface area contributed by atoms with Crippen LogP contribution in [-0.2, 0) is 16.9 Å². The molecule has 8 nitrogen and oxygen atoms in total. The molecule has 0 aliphatic heterocycles. The number of ether oxygens (including phenoxy) is 2. The minimum atomic E-state index is -1.37. The van der Waals surface area contributed by atoms with E-state index in [1.54, 1.807) is 32.5 Å². The van der Waals surface area contributed by atoms with E-state index < -0.39 is 11.2 Å². The summed E-state index contributed by atoms with van der Waals surface area (Å²) in [4.78, 5) is 15.9. The molecule has 0 saturated heterocycles. The van der Waals surface area contributed by atoms with Gasteiger partial charge in [0.05, 0.1) is 25.4 Å². The van der Waals surface area contributed by atoms with Gasteiger partial charge in [0, 0.05) is 34.6 Å². The molecule has 0 fully saturated rings. The third-order valence-electron chi connectivity index (χ3n) is 3.74. The van der Waals surface area contributed by atoms with Crippen molar-refractivity contribution in [3.05, 3.63) is 35.2 Å². The van der Waals surface area contributed by atoms with E-state index in [4.69, 9.17) is 9.47 Å². The van der Waals surface area contributed by atoms with Crippen LogP contribution in [0.3, 0.4) is 0 Å². The van der Waals surface area contributed by atoms with E-state index in [0.717, 1.165) is 22.6 Å². The Balaban J connectivity index is 0.00000169. The number of pyridine rings is 2. The summed E-state index contributed by atoms with van der Waals surface area (Å²) in [6.45, 7) is 3.84. The van der Waals surface area contributed by atoms with Gasteiger partial charge in [-0.3, -0.25) is 9.97 Å². The van der Waals surface area contributed by atoms with Crippen LogP contribution in [0.25, 0.3) is 11.2 Å². The third-order valence-corrected chi connectivity index (χ3v) is 4.90. The van der Waals surface area contributed by atoms with Gasteiger partial charge < -0.3 is 19.5 Å². The van der Waals surface area contributed by atoms with Crippen molar-refractivity contribution in [1.82, 2.24) is 19.9 Å². The summed E-state index contributed by atoms with van der Waals surface area (Å²) in [5.41, 5.74) is 3.75. The quantitative estimate of drug-likeness (QED) is 0.509. The predicted octanol–water partition coefficient (Wildman–Crippen LogP) is 0.822. The number of fused-ring (bicyclic) bond motifs is 1. The number of methoxy groups -OCH3 is 2. The summed E-state index contributed by atoms with van der Waals surface area (Å²) < 4.78 is 23.1. The molecule has 3 aromatic rings. The van der Waals surface area contributed by atoms with Gasteiger partial charge in [0.1, 0.15) is 5.75 Å². The number of rotatable bonds is 5. The van der Waals surface area contributed by atoms with E-state index in [1.807, 2.05) is 13.8 Å². The number of nitrogens with one attached hydrogen (secondary N) is 1. The van der Waals surface area contributed by atoms with Crippen LogP contribution in [0.15, 0.2) is 23.5 Å². The van der Waals surface area contributed by atoms with E-state index in [-0.39, 0.29) is 40.8 Å². The van der Waals surface area contributed by atoms with Crippen LogP contribution in [-0.4, -0.2) is 73.7 Å². The number of H-pyrrole nitrogens is 1. The van der Waals surface area contributed by atoms with Gasteiger partial charge in [-0.1, -0.05) is 0 Å². The Kier molecular flexibility index (Phi) is 8.32. The molecular weight excluding hydrogens is 367 g/mol. The van der Waals surface area contributed by atoms with Gasteiger partial charge in [-0.15, -0.1) is 0 Å². The van der Waals surface area contributed by atoms with Crippen molar-refractivity contribution in [3.63, 3.8) is 0 Å². The molecule has 1 atom stereocenters. The molecular formula is C16H21N4NaO4S. The number of aryl methyl sites for hydroxylation is 1. The molecule has 0 bridgehead atoms. The summed E-state index contributed by atoms with van der Waals surface area (Å²) in [7, 11) is 3.16. The first kappa shape index (κ1) is 22.7. The number of aromatic nitrogens is 4. The van der Waals surface area contributed by atoms with Gasteiger partial charge in [0.15, 0.2) is 11.4 Å². The summed E-state index contributed by atoms with van der Waals surface area (Å²) >= 11 is -1.37. The Morgan fingerprint density at radius 3 is 2.54 bits per heavy atom. The van der Waals surface area contributed by atoms with Gasteiger partial charge in [0.25, 0.3) is 0 Å². The van der Waals surface area contributed by atoms with Crippen LogP contribution in [0, 0.1) is 13.8 Å². The zero-order chi connectivity index (χ0) is 17.3. The second-order valence-electron chi connectivity index (χ2n) is 5.30. The fourth-order valence-electron chi connectivity index (χ4n) is 2.48. The van der Waals surface area contributed by atoms with E-state index in [2.05, 4.69) is 19.9 Å². The van der Waals surface area contributed by atoms with Crippen molar-refractivity contribution in [1.29, 1.82) is 0 Å². The van der Waals surface area contributed by atoms with Crippen LogP contribution in [0.5, 0.6) is 11.6 Å². The van der Waals surface area contributed by atoms with E-state index in [1.165, 1.54) is 0 Å². The Morgan fingerprint density at radius 1 is 1.15 bits per heavy atom. The Labute approximate surface area is 176 Å². The maximum atomic E-state index is 12.7. The molecule has 10 heteroatoms. The van der Waals surface area contributed by atoms with Crippen LogP contribution >= 0.6 is 0 Å². The minimum absolute atomic E-state index is 0. The molecule has 3 rings (SSSR count). The zero-order valence-electron chi connectivity index (χ0n) is 14.4. The van der Waals surface area contributed by atoms with E-state index >= 15 is 0 Å². The van der Waals surface area contributed by atoms with Crippen LogP contribution in [0.4, 0.5) is 0 Å². The molecule has 3 heterocycles. The predicted molar refractivity (Wildman–Crippen MR) is 102 cm³/mol. The number of imidazole rings is 1. The zero-order valence-corrected chi connectivity index (χ0v) is 15.2. The van der Waals surface area contributed by atoms with E-state index in [9.17, 15) is 4.55 Å². The van der Waals surface area contributed by atoms with Crippen molar-refractivity contribution in [3.8, 4) is 11.6 Å². The number of hydrogen-bond acceptors (Lipinski definition) is 6. The Hall–Kier alpha value is -1.36.